The van der Waals surface area contributed by atoms with Crippen molar-refractivity contribution in [3.63, 3.8) is 0 Å². The number of ether oxygens (including phenoxy) is 1. The predicted molar refractivity (Wildman–Crippen MR) is 140 cm³/mol. The molecule has 8 nitrogen and oxygen atoms in total. The number of hydrogen-bond acceptors (Lipinski definition) is 6. The number of carbonyl (C=O) groups excluding carboxylic acids is 3. The van der Waals surface area contributed by atoms with Crippen molar-refractivity contribution in [2.24, 2.45) is 5.92 Å². The van der Waals surface area contributed by atoms with Gasteiger partial charge in [-0.05, 0) is 67.3 Å². The lowest BCUT2D eigenvalue weighted by atomic mass is 9.77. The van der Waals surface area contributed by atoms with Crippen LogP contribution in [0, 0.1) is 11.7 Å². The van der Waals surface area contributed by atoms with Crippen LogP contribution < -0.4 is 10.6 Å². The number of nitrogens with zero attached hydrogens (tertiary/aromatic N) is 1. The average Bonchev–Trinajstić information content (AvgIpc) is 3.40. The number of methoxy groups -OCH3 is 1. The molecule has 0 radical (unpaired) electrons. The second kappa shape index (κ2) is 13.0. The van der Waals surface area contributed by atoms with E-state index >= 15 is 0 Å². The van der Waals surface area contributed by atoms with E-state index in [4.69, 9.17) is 9.15 Å². The van der Waals surface area contributed by atoms with Gasteiger partial charge < -0.3 is 19.8 Å². The molecule has 0 bridgehead atoms. The highest BCUT2D eigenvalue weighted by Crippen LogP contribution is 2.38. The maximum Gasteiger partial charge on any atom is 0.452 e. The lowest BCUT2D eigenvalue weighted by molar-refractivity contribution is -0.153. The van der Waals surface area contributed by atoms with Gasteiger partial charge in [-0.3, -0.25) is 14.4 Å². The van der Waals surface area contributed by atoms with Crippen LogP contribution in [0.3, 0.4) is 0 Å². The first-order valence-corrected chi connectivity index (χ1v) is 13.1. The van der Waals surface area contributed by atoms with Crippen molar-refractivity contribution in [2.75, 3.05) is 19.0 Å². The van der Waals surface area contributed by atoms with E-state index in [1.54, 1.807) is 12.1 Å². The molecule has 12 heteroatoms. The smallest absolute Gasteiger partial charge is 0.452 e. The minimum absolute atomic E-state index is 0.189. The van der Waals surface area contributed by atoms with Gasteiger partial charge in [0.05, 0.1) is 12.7 Å². The molecular weight excluding hydrogens is 546 g/mol. The summed E-state index contributed by atoms with van der Waals surface area (Å²) in [7, 11) is 1.39. The first-order chi connectivity index (χ1) is 19.5. The maximum atomic E-state index is 14.0. The van der Waals surface area contributed by atoms with Crippen LogP contribution in [0.2, 0.25) is 0 Å². The van der Waals surface area contributed by atoms with Gasteiger partial charge in [0.1, 0.15) is 5.82 Å². The number of benzene rings is 2. The second-order valence-corrected chi connectivity index (χ2v) is 9.85. The molecule has 4 rings (SSSR count). The van der Waals surface area contributed by atoms with E-state index in [2.05, 4.69) is 15.6 Å². The van der Waals surface area contributed by atoms with Crippen LogP contribution in [0.4, 0.5) is 23.2 Å². The van der Waals surface area contributed by atoms with Crippen molar-refractivity contribution in [1.82, 2.24) is 10.3 Å². The van der Waals surface area contributed by atoms with Gasteiger partial charge in [-0.15, -0.1) is 0 Å². The number of anilines is 1. The third-order valence-corrected chi connectivity index (χ3v) is 7.04. The summed E-state index contributed by atoms with van der Waals surface area (Å²) in [6, 6.07) is 12.3. The minimum Gasteiger partial charge on any atom is -0.469 e. The Morgan fingerprint density at radius 2 is 1.71 bits per heavy atom. The van der Waals surface area contributed by atoms with Gasteiger partial charge in [-0.2, -0.15) is 13.2 Å². The number of amides is 2. The first-order valence-electron chi connectivity index (χ1n) is 13.1. The molecule has 41 heavy (non-hydrogen) atoms. The van der Waals surface area contributed by atoms with Gasteiger partial charge in [0.2, 0.25) is 17.6 Å². The third kappa shape index (κ3) is 7.71. The van der Waals surface area contributed by atoms with Gasteiger partial charge in [-0.25, -0.2) is 9.37 Å². The van der Waals surface area contributed by atoms with Gasteiger partial charge >= 0.3 is 12.1 Å². The molecule has 1 fully saturated rings. The van der Waals surface area contributed by atoms with Gasteiger partial charge in [0.25, 0.3) is 5.91 Å². The normalized spacial score (nSPS) is 17.1. The SMILES string of the molecule is COC(=O)C[C@H]1CC[C@H](c2ccc(NC(=O)CCNC(=O)c3nc(-c4ccccc4F)oc3C(F)(F)F)cc2)CC1. The molecule has 2 N–H and O–H groups in total. The van der Waals surface area contributed by atoms with Crippen molar-refractivity contribution in [3.8, 4) is 11.5 Å². The Kier molecular flexibility index (Phi) is 9.41. The van der Waals surface area contributed by atoms with E-state index in [9.17, 15) is 31.9 Å². The Bertz CT molecular complexity index is 1380. The molecule has 0 saturated heterocycles. The fourth-order valence-corrected chi connectivity index (χ4v) is 4.87. The largest absolute Gasteiger partial charge is 0.469 e. The van der Waals surface area contributed by atoms with Crippen molar-refractivity contribution in [1.29, 1.82) is 0 Å². The van der Waals surface area contributed by atoms with Crippen molar-refractivity contribution >= 4 is 23.5 Å². The number of hydrogen-bond donors (Lipinski definition) is 2. The molecule has 3 aromatic rings. The third-order valence-electron chi connectivity index (χ3n) is 7.04. The summed E-state index contributed by atoms with van der Waals surface area (Å²) < 4.78 is 63.9. The van der Waals surface area contributed by atoms with E-state index in [0.717, 1.165) is 37.3 Å². The summed E-state index contributed by atoms with van der Waals surface area (Å²) in [5.74, 6) is -4.36. The standard InChI is InChI=1S/C29H29F4N3O5/c1-40-24(38)16-17-6-8-18(9-7-17)19-10-12-20(13-11-19)35-23(37)14-15-34-27(39)25-26(29(31,32)33)41-28(36-25)21-4-2-3-5-22(21)30/h2-5,10-13,17-18H,6-9,14-16H2,1H3,(H,34,39)(H,35,37)/t17-,18-. The fraction of sp³-hybridized carbons (Fsp3) is 0.379. The van der Waals surface area contributed by atoms with Crippen LogP contribution in [-0.4, -0.2) is 36.4 Å². The summed E-state index contributed by atoms with van der Waals surface area (Å²) in [6.45, 7) is -0.267. The zero-order chi connectivity index (χ0) is 29.6. The molecule has 0 atom stereocenters. The summed E-state index contributed by atoms with van der Waals surface area (Å²) in [5, 5.41) is 4.92. The molecule has 1 aromatic heterocycles. The number of oxazole rings is 1. The predicted octanol–water partition coefficient (Wildman–Crippen LogP) is 6.10. The van der Waals surface area contributed by atoms with E-state index < -0.39 is 41.2 Å². The van der Waals surface area contributed by atoms with Gasteiger partial charge in [0.15, 0.2) is 5.69 Å². The van der Waals surface area contributed by atoms with E-state index in [1.807, 2.05) is 12.1 Å². The quantitative estimate of drug-likeness (QED) is 0.236. The van der Waals surface area contributed by atoms with E-state index in [-0.39, 0.29) is 24.5 Å². The first kappa shape index (κ1) is 29.8. The van der Waals surface area contributed by atoms with Crippen LogP contribution in [0.5, 0.6) is 0 Å². The average molecular weight is 576 g/mol. The molecule has 1 saturated carbocycles. The maximum absolute atomic E-state index is 14.0. The number of nitrogens with one attached hydrogen (secondary N) is 2. The van der Waals surface area contributed by atoms with Gasteiger partial charge in [-0.1, -0.05) is 24.3 Å². The molecule has 1 aliphatic rings. The number of rotatable bonds is 9. The van der Waals surface area contributed by atoms with Crippen LogP contribution in [0.25, 0.3) is 11.5 Å². The van der Waals surface area contributed by atoms with Crippen LogP contribution in [-0.2, 0) is 20.5 Å². The zero-order valence-corrected chi connectivity index (χ0v) is 22.2. The summed E-state index contributed by atoms with van der Waals surface area (Å²) in [6.07, 6.45) is -1.04. The summed E-state index contributed by atoms with van der Waals surface area (Å²) in [5.41, 5.74) is 0.296. The van der Waals surface area contributed by atoms with Gasteiger partial charge in [0, 0.05) is 25.1 Å². The second-order valence-electron chi connectivity index (χ2n) is 9.85. The molecule has 2 aromatic carbocycles. The van der Waals surface area contributed by atoms with E-state index in [1.165, 1.54) is 25.3 Å². The number of esters is 1. The lowest BCUT2D eigenvalue weighted by Gasteiger charge is -2.28. The Balaban J connectivity index is 1.28. The Hall–Kier alpha value is -4.22. The molecule has 1 aliphatic carbocycles. The lowest BCUT2D eigenvalue weighted by Crippen LogP contribution is -2.29. The number of halogens is 4. The highest BCUT2D eigenvalue weighted by atomic mass is 19.4. The Morgan fingerprint density at radius 1 is 1.02 bits per heavy atom. The van der Waals surface area contributed by atoms with Crippen LogP contribution in [0.1, 0.15) is 66.3 Å². The number of aromatic nitrogens is 1. The highest BCUT2D eigenvalue weighted by Gasteiger charge is 2.42. The molecular formula is C29H29F4N3O5. The Morgan fingerprint density at radius 3 is 2.34 bits per heavy atom. The highest BCUT2D eigenvalue weighted by molar-refractivity contribution is 5.95. The van der Waals surface area contributed by atoms with E-state index in [0.29, 0.717) is 23.9 Å². The molecule has 0 aliphatic heterocycles. The molecule has 1 heterocycles. The molecule has 2 amide bonds. The monoisotopic (exact) mass is 575 g/mol. The molecule has 0 spiro atoms. The molecule has 218 valence electrons. The number of carbonyl (C=O) groups is 3. The topological polar surface area (TPSA) is 111 Å². The van der Waals surface area contributed by atoms with Crippen molar-refractivity contribution < 1.29 is 41.1 Å². The molecule has 0 unspecified atom stereocenters. The van der Waals surface area contributed by atoms with Crippen LogP contribution >= 0.6 is 0 Å². The Labute approximate surface area is 233 Å². The van der Waals surface area contributed by atoms with Crippen LogP contribution in [0.15, 0.2) is 52.9 Å². The number of alkyl halides is 3. The zero-order valence-electron chi connectivity index (χ0n) is 22.2. The van der Waals surface area contributed by atoms with Crippen molar-refractivity contribution in [3.05, 3.63) is 71.4 Å². The summed E-state index contributed by atoms with van der Waals surface area (Å²) >= 11 is 0. The summed E-state index contributed by atoms with van der Waals surface area (Å²) in [4.78, 5) is 39.9. The fourth-order valence-electron chi connectivity index (χ4n) is 4.87. The van der Waals surface area contributed by atoms with Crippen molar-refractivity contribution in [2.45, 2.75) is 50.6 Å². The minimum atomic E-state index is -5.05.